The van der Waals surface area contributed by atoms with Crippen molar-refractivity contribution < 1.29 is 24.2 Å². The number of aliphatic hydroxyl groups is 2. The van der Waals surface area contributed by atoms with Crippen LogP contribution in [-0.4, -0.2) is 45.7 Å². The summed E-state index contributed by atoms with van der Waals surface area (Å²) >= 11 is 1.43. The van der Waals surface area contributed by atoms with Crippen molar-refractivity contribution in [2.45, 2.75) is 44.1 Å². The third kappa shape index (κ3) is 5.79. The van der Waals surface area contributed by atoms with Gasteiger partial charge in [-0.05, 0) is 65.6 Å². The molecule has 3 atom stereocenters. The van der Waals surface area contributed by atoms with E-state index in [1.807, 2.05) is 29.6 Å². The zero-order chi connectivity index (χ0) is 25.7. The number of nitriles is 1. The number of hydrogen-bond acceptors (Lipinski definition) is 6. The first kappa shape index (κ1) is 25.5. The number of halogens is 1. The van der Waals surface area contributed by atoms with E-state index in [1.54, 1.807) is 18.2 Å². The highest BCUT2D eigenvalue weighted by Gasteiger charge is 2.38. The Kier molecular flexibility index (Phi) is 8.10. The van der Waals surface area contributed by atoms with Crippen LogP contribution in [0.3, 0.4) is 0 Å². The lowest BCUT2D eigenvalue weighted by Gasteiger charge is -2.28. The molecule has 1 aliphatic heterocycles. The topological polar surface area (TPSA) is 114 Å². The molecule has 0 radical (unpaired) electrons. The van der Waals surface area contributed by atoms with Gasteiger partial charge in [-0.1, -0.05) is 30.3 Å². The van der Waals surface area contributed by atoms with Gasteiger partial charge in [-0.25, -0.2) is 4.39 Å². The molecule has 1 unspecified atom stereocenters. The van der Waals surface area contributed by atoms with Crippen molar-refractivity contribution in [3.63, 3.8) is 0 Å². The number of hydrogen-bond donors (Lipinski definition) is 3. The van der Waals surface area contributed by atoms with E-state index in [4.69, 9.17) is 0 Å². The molecule has 0 bridgehead atoms. The minimum absolute atomic E-state index is 0.128. The molecule has 0 spiro atoms. The summed E-state index contributed by atoms with van der Waals surface area (Å²) in [6.45, 7) is 0.502. The molecule has 1 aliphatic rings. The third-order valence-electron chi connectivity index (χ3n) is 6.29. The second-order valence-corrected chi connectivity index (χ2v) is 9.71. The summed E-state index contributed by atoms with van der Waals surface area (Å²) < 4.78 is 13.3. The van der Waals surface area contributed by atoms with E-state index in [2.05, 4.69) is 11.4 Å². The predicted octanol–water partition coefficient (Wildman–Crippen LogP) is 3.05. The van der Waals surface area contributed by atoms with Gasteiger partial charge < -0.3 is 20.4 Å². The van der Waals surface area contributed by atoms with Gasteiger partial charge in [-0.3, -0.25) is 9.59 Å². The Morgan fingerprint density at radius 1 is 1.17 bits per heavy atom. The minimum atomic E-state index is -1.92. The van der Waals surface area contributed by atoms with E-state index in [9.17, 15) is 29.5 Å². The van der Waals surface area contributed by atoms with Crippen LogP contribution in [0.1, 0.15) is 46.0 Å². The van der Waals surface area contributed by atoms with Crippen LogP contribution in [0.4, 0.5) is 4.39 Å². The van der Waals surface area contributed by atoms with E-state index >= 15 is 0 Å². The smallest absolute Gasteiger partial charge is 0.255 e. The summed E-state index contributed by atoms with van der Waals surface area (Å²) in [5.41, 5.74) is 3.24. The van der Waals surface area contributed by atoms with Crippen LogP contribution in [0.5, 0.6) is 0 Å². The van der Waals surface area contributed by atoms with E-state index in [1.165, 1.54) is 28.4 Å². The molecule has 36 heavy (non-hydrogen) atoms. The average molecular weight is 508 g/mol. The maximum absolute atomic E-state index is 13.3. The Balaban J connectivity index is 1.32. The number of likely N-dealkylation sites (tertiary alicyclic amines) is 1. The molecule has 3 N–H and O–H groups in total. The van der Waals surface area contributed by atoms with Gasteiger partial charge in [0.1, 0.15) is 5.82 Å². The molecule has 9 heteroatoms. The molecule has 1 saturated heterocycles. The SMILES string of the molecule is N#Cc1ccccc1Cc1csc(CNC(=O)[C@H](O)[C@@H](O)C(=O)N2CCCC2c2ccc(F)cc2)c1. The van der Waals surface area contributed by atoms with E-state index in [-0.39, 0.29) is 18.4 Å². The van der Waals surface area contributed by atoms with Crippen molar-refractivity contribution in [1.82, 2.24) is 10.2 Å². The first-order chi connectivity index (χ1) is 17.4. The Bertz CT molecular complexity index is 1270. The zero-order valence-corrected chi connectivity index (χ0v) is 20.2. The lowest BCUT2D eigenvalue weighted by Crippen LogP contribution is -2.50. The Labute approximate surface area is 212 Å². The lowest BCUT2D eigenvalue weighted by atomic mass is 10.0. The fraction of sp³-hybridized carbons (Fsp3) is 0.296. The number of amides is 2. The summed E-state index contributed by atoms with van der Waals surface area (Å²) in [6.07, 6.45) is -1.91. The normalized spacial score (nSPS) is 16.8. The number of benzene rings is 2. The number of carbonyl (C=O) groups excluding carboxylic acids is 2. The highest BCUT2D eigenvalue weighted by molar-refractivity contribution is 7.10. The van der Waals surface area contributed by atoms with Crippen molar-refractivity contribution in [2.75, 3.05) is 6.54 Å². The fourth-order valence-electron chi connectivity index (χ4n) is 4.40. The average Bonchev–Trinajstić information content (AvgIpc) is 3.56. The van der Waals surface area contributed by atoms with Gasteiger partial charge in [0.15, 0.2) is 12.2 Å². The zero-order valence-electron chi connectivity index (χ0n) is 19.4. The van der Waals surface area contributed by atoms with E-state index in [0.717, 1.165) is 21.6 Å². The van der Waals surface area contributed by atoms with Crippen LogP contribution < -0.4 is 5.32 Å². The fourth-order valence-corrected chi connectivity index (χ4v) is 5.23. The van der Waals surface area contributed by atoms with Crippen molar-refractivity contribution in [3.8, 4) is 6.07 Å². The maximum Gasteiger partial charge on any atom is 0.255 e. The first-order valence-corrected chi connectivity index (χ1v) is 12.5. The Morgan fingerprint density at radius 3 is 2.67 bits per heavy atom. The van der Waals surface area contributed by atoms with Crippen LogP contribution in [0, 0.1) is 17.1 Å². The molecule has 7 nitrogen and oxygen atoms in total. The number of carbonyl (C=O) groups is 2. The highest BCUT2D eigenvalue weighted by atomic mass is 32.1. The number of aliphatic hydroxyl groups excluding tert-OH is 2. The summed E-state index contributed by atoms with van der Waals surface area (Å²) in [7, 11) is 0. The van der Waals surface area contributed by atoms with E-state index < -0.39 is 24.0 Å². The third-order valence-corrected chi connectivity index (χ3v) is 7.27. The molecule has 3 aromatic rings. The molecule has 2 heterocycles. The van der Waals surface area contributed by atoms with Crippen molar-refractivity contribution in [2.24, 2.45) is 0 Å². The van der Waals surface area contributed by atoms with Gasteiger partial charge in [-0.2, -0.15) is 5.26 Å². The van der Waals surface area contributed by atoms with Crippen LogP contribution in [-0.2, 0) is 22.6 Å². The number of rotatable bonds is 8. The molecule has 2 amide bonds. The summed E-state index contributed by atoms with van der Waals surface area (Å²) in [5, 5.41) is 34.6. The van der Waals surface area contributed by atoms with E-state index in [0.29, 0.717) is 31.4 Å². The van der Waals surface area contributed by atoms with Gasteiger partial charge in [0, 0.05) is 11.4 Å². The summed E-state index contributed by atoms with van der Waals surface area (Å²) in [4.78, 5) is 27.6. The van der Waals surface area contributed by atoms with Crippen molar-refractivity contribution in [1.29, 1.82) is 5.26 Å². The quantitative estimate of drug-likeness (QED) is 0.434. The summed E-state index contributed by atoms with van der Waals surface area (Å²) in [5.74, 6) is -1.97. The monoisotopic (exact) mass is 507 g/mol. The Morgan fingerprint density at radius 2 is 1.92 bits per heavy atom. The lowest BCUT2D eigenvalue weighted by molar-refractivity contribution is -0.153. The van der Waals surface area contributed by atoms with Gasteiger partial charge in [-0.15, -0.1) is 11.3 Å². The molecular formula is C27H26FN3O4S. The van der Waals surface area contributed by atoms with Gasteiger partial charge in [0.05, 0.1) is 24.2 Å². The number of nitrogens with one attached hydrogen (secondary N) is 1. The molecule has 1 fully saturated rings. The predicted molar refractivity (Wildman–Crippen MR) is 132 cm³/mol. The van der Waals surface area contributed by atoms with Crippen LogP contribution >= 0.6 is 11.3 Å². The van der Waals surface area contributed by atoms with Gasteiger partial charge >= 0.3 is 0 Å². The summed E-state index contributed by atoms with van der Waals surface area (Å²) in [6, 6.07) is 16.9. The molecule has 0 saturated carbocycles. The molecule has 2 aromatic carbocycles. The largest absolute Gasteiger partial charge is 0.380 e. The number of nitrogens with zero attached hydrogens (tertiary/aromatic N) is 2. The molecule has 186 valence electrons. The second kappa shape index (κ2) is 11.4. The van der Waals surface area contributed by atoms with Gasteiger partial charge in [0.25, 0.3) is 11.8 Å². The maximum atomic E-state index is 13.3. The van der Waals surface area contributed by atoms with Crippen LogP contribution in [0.15, 0.2) is 60.0 Å². The van der Waals surface area contributed by atoms with Crippen molar-refractivity contribution in [3.05, 3.63) is 92.9 Å². The molecule has 1 aromatic heterocycles. The van der Waals surface area contributed by atoms with Crippen LogP contribution in [0.25, 0.3) is 0 Å². The minimum Gasteiger partial charge on any atom is -0.380 e. The first-order valence-electron chi connectivity index (χ1n) is 11.6. The number of thiophene rings is 1. The van der Waals surface area contributed by atoms with Crippen LogP contribution in [0.2, 0.25) is 0 Å². The molecule has 0 aliphatic carbocycles. The highest BCUT2D eigenvalue weighted by Crippen LogP contribution is 2.32. The standard InChI is InChI=1S/C27H26FN3O4S/c28-21-9-7-18(8-10-21)23-6-3-11-31(23)27(35)25(33)24(32)26(34)30-15-22-13-17(16-36-22)12-19-4-1-2-5-20(19)14-29/h1-2,4-5,7-10,13,16,23-25,32-33H,3,6,11-12,15H2,(H,30,34)/t23?,24-,25-/m1/s1. The van der Waals surface area contributed by atoms with Gasteiger partial charge in [0.2, 0.25) is 0 Å². The Hall–Kier alpha value is -3.58. The molecule has 4 rings (SSSR count). The second-order valence-electron chi connectivity index (χ2n) is 8.72. The van der Waals surface area contributed by atoms with Crippen molar-refractivity contribution >= 4 is 23.2 Å². The molecular weight excluding hydrogens is 481 g/mol.